The first kappa shape index (κ1) is 8.72. The van der Waals surface area contributed by atoms with Crippen molar-refractivity contribution in [2.24, 2.45) is 11.8 Å². The van der Waals surface area contributed by atoms with Crippen LogP contribution in [0.25, 0.3) is 0 Å². The molecule has 3 nitrogen and oxygen atoms in total. The maximum Gasteiger partial charge on any atom is 0.306 e. The number of rotatable bonds is 2. The van der Waals surface area contributed by atoms with E-state index in [4.69, 9.17) is 5.11 Å². The summed E-state index contributed by atoms with van der Waals surface area (Å²) in [6.45, 7) is 1.06. The number of nitrogens with zero attached hydrogens (tertiary/aromatic N) is 1. The van der Waals surface area contributed by atoms with Crippen molar-refractivity contribution in [2.45, 2.75) is 44.2 Å². The first-order valence-electron chi connectivity index (χ1n) is 5.74. The molecule has 3 atom stereocenters. The Labute approximate surface area is 84.1 Å². The van der Waals surface area contributed by atoms with E-state index < -0.39 is 5.97 Å². The standard InChI is InChI=1S/C11H17NO2/c13-11(14)10-4-3-9-5-7(10)6-12(9)8-1-2-8/h7-10H,1-6H2,(H,13,14). The Balaban J connectivity index is 1.73. The largest absolute Gasteiger partial charge is 0.481 e. The lowest BCUT2D eigenvalue weighted by Crippen LogP contribution is -2.31. The van der Waals surface area contributed by atoms with Gasteiger partial charge in [0.2, 0.25) is 0 Å². The number of carboxylic acid groups (broad SMARTS) is 1. The minimum absolute atomic E-state index is 0.0463. The molecular weight excluding hydrogens is 178 g/mol. The van der Waals surface area contributed by atoms with Crippen LogP contribution in [-0.4, -0.2) is 34.6 Å². The number of carboxylic acids is 1. The van der Waals surface area contributed by atoms with Gasteiger partial charge < -0.3 is 5.11 Å². The van der Waals surface area contributed by atoms with Crippen LogP contribution in [0.1, 0.15) is 32.1 Å². The third-order valence-electron chi connectivity index (χ3n) is 4.20. The fourth-order valence-electron chi connectivity index (χ4n) is 3.34. The van der Waals surface area contributed by atoms with Crippen molar-refractivity contribution in [1.82, 2.24) is 4.90 Å². The Morgan fingerprint density at radius 3 is 2.50 bits per heavy atom. The molecule has 1 aliphatic heterocycles. The molecule has 2 aliphatic carbocycles. The van der Waals surface area contributed by atoms with Crippen molar-refractivity contribution >= 4 is 5.97 Å². The average molecular weight is 195 g/mol. The molecule has 3 rings (SSSR count). The van der Waals surface area contributed by atoms with Gasteiger partial charge in [-0.2, -0.15) is 0 Å². The van der Waals surface area contributed by atoms with Gasteiger partial charge in [0.25, 0.3) is 0 Å². The number of hydrogen-bond donors (Lipinski definition) is 1. The normalized spacial score (nSPS) is 42.7. The first-order valence-corrected chi connectivity index (χ1v) is 5.74. The van der Waals surface area contributed by atoms with Crippen LogP contribution in [0, 0.1) is 11.8 Å². The molecule has 78 valence electrons. The molecule has 0 aromatic rings. The van der Waals surface area contributed by atoms with Gasteiger partial charge in [-0.25, -0.2) is 0 Å². The second-order valence-corrected chi connectivity index (χ2v) is 5.10. The summed E-state index contributed by atoms with van der Waals surface area (Å²) in [6.07, 6.45) is 5.87. The van der Waals surface area contributed by atoms with E-state index in [1.165, 1.54) is 12.8 Å². The zero-order valence-corrected chi connectivity index (χ0v) is 8.35. The smallest absolute Gasteiger partial charge is 0.306 e. The topological polar surface area (TPSA) is 40.5 Å². The molecule has 0 amide bonds. The third kappa shape index (κ3) is 1.26. The molecule has 1 saturated heterocycles. The van der Waals surface area contributed by atoms with Crippen molar-refractivity contribution in [2.75, 3.05) is 6.54 Å². The highest BCUT2D eigenvalue weighted by atomic mass is 16.4. The Kier molecular flexibility index (Phi) is 1.84. The molecule has 1 heterocycles. The van der Waals surface area contributed by atoms with Crippen LogP contribution in [0.4, 0.5) is 0 Å². The fourth-order valence-corrected chi connectivity index (χ4v) is 3.34. The maximum absolute atomic E-state index is 11.0. The summed E-state index contributed by atoms with van der Waals surface area (Å²) in [5.41, 5.74) is 0. The average Bonchev–Trinajstić information content (AvgIpc) is 2.93. The predicted molar refractivity (Wildman–Crippen MR) is 52.0 cm³/mol. The Morgan fingerprint density at radius 1 is 1.14 bits per heavy atom. The quantitative estimate of drug-likeness (QED) is 0.722. The van der Waals surface area contributed by atoms with E-state index in [2.05, 4.69) is 4.90 Å². The van der Waals surface area contributed by atoms with E-state index >= 15 is 0 Å². The summed E-state index contributed by atoms with van der Waals surface area (Å²) in [5.74, 6) is -0.159. The van der Waals surface area contributed by atoms with Crippen molar-refractivity contribution in [3.8, 4) is 0 Å². The van der Waals surface area contributed by atoms with Crippen molar-refractivity contribution < 1.29 is 9.90 Å². The summed E-state index contributed by atoms with van der Waals surface area (Å²) in [5, 5.41) is 9.08. The molecule has 0 radical (unpaired) electrons. The molecule has 2 bridgehead atoms. The molecule has 3 fully saturated rings. The summed E-state index contributed by atoms with van der Waals surface area (Å²) >= 11 is 0. The first-order chi connectivity index (χ1) is 6.75. The van der Waals surface area contributed by atoms with E-state index in [-0.39, 0.29) is 5.92 Å². The van der Waals surface area contributed by atoms with E-state index in [9.17, 15) is 4.79 Å². The van der Waals surface area contributed by atoms with E-state index in [0.717, 1.165) is 37.9 Å². The Morgan fingerprint density at radius 2 is 1.86 bits per heavy atom. The fraction of sp³-hybridized carbons (Fsp3) is 0.909. The van der Waals surface area contributed by atoms with Crippen molar-refractivity contribution in [3.63, 3.8) is 0 Å². The number of hydrogen-bond acceptors (Lipinski definition) is 2. The van der Waals surface area contributed by atoms with Crippen LogP contribution in [0.15, 0.2) is 0 Å². The van der Waals surface area contributed by atoms with Crippen LogP contribution in [0.3, 0.4) is 0 Å². The summed E-state index contributed by atoms with van der Waals surface area (Å²) in [4.78, 5) is 13.6. The summed E-state index contributed by atoms with van der Waals surface area (Å²) < 4.78 is 0. The van der Waals surface area contributed by atoms with Gasteiger partial charge in [0.05, 0.1) is 5.92 Å². The molecule has 2 saturated carbocycles. The van der Waals surface area contributed by atoms with Crippen LogP contribution >= 0.6 is 0 Å². The van der Waals surface area contributed by atoms with Gasteiger partial charge in [-0.05, 0) is 38.0 Å². The minimum Gasteiger partial charge on any atom is -0.481 e. The molecular formula is C11H17NO2. The minimum atomic E-state index is -0.564. The van der Waals surface area contributed by atoms with Crippen molar-refractivity contribution in [1.29, 1.82) is 0 Å². The van der Waals surface area contributed by atoms with Crippen LogP contribution in [-0.2, 0) is 4.79 Å². The van der Waals surface area contributed by atoms with E-state index in [1.807, 2.05) is 0 Å². The highest BCUT2D eigenvalue weighted by molar-refractivity contribution is 5.70. The van der Waals surface area contributed by atoms with Gasteiger partial charge in [0, 0.05) is 18.6 Å². The molecule has 1 N–H and O–H groups in total. The summed E-state index contributed by atoms with van der Waals surface area (Å²) in [6, 6.07) is 1.54. The van der Waals surface area contributed by atoms with Gasteiger partial charge in [-0.3, -0.25) is 9.69 Å². The molecule has 14 heavy (non-hydrogen) atoms. The third-order valence-corrected chi connectivity index (χ3v) is 4.20. The zero-order valence-electron chi connectivity index (χ0n) is 8.35. The number of likely N-dealkylation sites (tertiary alicyclic amines) is 1. The second kappa shape index (κ2) is 2.96. The van der Waals surface area contributed by atoms with E-state index in [0.29, 0.717) is 5.92 Å². The maximum atomic E-state index is 11.0. The lowest BCUT2D eigenvalue weighted by molar-refractivity contribution is -0.144. The lowest BCUT2D eigenvalue weighted by Gasteiger charge is -2.26. The molecule has 0 spiro atoms. The molecule has 3 unspecified atom stereocenters. The summed E-state index contributed by atoms with van der Waals surface area (Å²) in [7, 11) is 0. The molecule has 0 aromatic heterocycles. The van der Waals surface area contributed by atoms with Gasteiger partial charge in [0.1, 0.15) is 0 Å². The second-order valence-electron chi connectivity index (χ2n) is 5.10. The van der Waals surface area contributed by atoms with Gasteiger partial charge in [-0.15, -0.1) is 0 Å². The monoisotopic (exact) mass is 195 g/mol. The van der Waals surface area contributed by atoms with E-state index in [1.54, 1.807) is 0 Å². The lowest BCUT2D eigenvalue weighted by atomic mass is 9.80. The Hall–Kier alpha value is -0.570. The molecule has 3 heteroatoms. The van der Waals surface area contributed by atoms with Gasteiger partial charge in [0.15, 0.2) is 0 Å². The van der Waals surface area contributed by atoms with Crippen LogP contribution in [0.2, 0.25) is 0 Å². The predicted octanol–water partition coefficient (Wildman–Crippen LogP) is 1.33. The molecule has 0 aromatic carbocycles. The highest BCUT2D eigenvalue weighted by Gasteiger charge is 2.47. The van der Waals surface area contributed by atoms with Gasteiger partial charge >= 0.3 is 5.97 Å². The highest BCUT2D eigenvalue weighted by Crippen LogP contribution is 2.44. The Bertz CT molecular complexity index is 262. The zero-order chi connectivity index (χ0) is 9.71. The van der Waals surface area contributed by atoms with Gasteiger partial charge in [-0.1, -0.05) is 0 Å². The molecule has 3 aliphatic rings. The SMILES string of the molecule is O=C(O)C1CCC2CC1CN2C1CC1. The number of fused-ring (bicyclic) bond motifs is 2. The van der Waals surface area contributed by atoms with Crippen LogP contribution in [0.5, 0.6) is 0 Å². The van der Waals surface area contributed by atoms with Crippen molar-refractivity contribution in [3.05, 3.63) is 0 Å². The van der Waals surface area contributed by atoms with Crippen LogP contribution < -0.4 is 0 Å². The number of aliphatic carboxylic acids is 1. The number of carbonyl (C=O) groups is 1.